The number of phenolic OH excluding ortho intramolecular Hbond substituents is 1. The molecule has 1 heterocycles. The van der Waals surface area contributed by atoms with Gasteiger partial charge in [-0.05, 0) is 48.7 Å². The van der Waals surface area contributed by atoms with Crippen LogP contribution in [0.5, 0.6) is 17.2 Å². The minimum absolute atomic E-state index is 0.111. The molecule has 0 radical (unpaired) electrons. The van der Waals surface area contributed by atoms with Crippen LogP contribution in [0.15, 0.2) is 36.4 Å². The Morgan fingerprint density at radius 3 is 2.96 bits per heavy atom. The molecule has 0 spiro atoms. The Balaban J connectivity index is 1.78. The number of methoxy groups -OCH3 is 1. The molecule has 2 N–H and O–H groups in total. The van der Waals surface area contributed by atoms with Gasteiger partial charge in [0.15, 0.2) is 11.6 Å². The molecule has 122 valence electrons. The SMILES string of the molecule is COc1ccc2c(c1)[C@@H](NCc1ccc(O)c(F)c1)CCCO2. The first-order valence-corrected chi connectivity index (χ1v) is 7.69. The number of hydrogen-bond acceptors (Lipinski definition) is 4. The van der Waals surface area contributed by atoms with Crippen LogP contribution in [0.3, 0.4) is 0 Å². The van der Waals surface area contributed by atoms with Gasteiger partial charge in [-0.1, -0.05) is 6.07 Å². The van der Waals surface area contributed by atoms with E-state index >= 15 is 0 Å². The molecule has 23 heavy (non-hydrogen) atoms. The van der Waals surface area contributed by atoms with Crippen LogP contribution in [0.2, 0.25) is 0 Å². The highest BCUT2D eigenvalue weighted by Crippen LogP contribution is 2.34. The molecule has 2 aromatic rings. The summed E-state index contributed by atoms with van der Waals surface area (Å²) in [6.07, 6.45) is 1.87. The van der Waals surface area contributed by atoms with Crippen molar-refractivity contribution in [1.29, 1.82) is 0 Å². The molecule has 5 heteroatoms. The number of phenols is 1. The molecule has 3 rings (SSSR count). The third kappa shape index (κ3) is 3.56. The topological polar surface area (TPSA) is 50.7 Å². The lowest BCUT2D eigenvalue weighted by Gasteiger charge is -2.19. The average molecular weight is 317 g/mol. The first-order chi connectivity index (χ1) is 11.2. The lowest BCUT2D eigenvalue weighted by Crippen LogP contribution is -2.20. The quantitative estimate of drug-likeness (QED) is 0.905. The normalized spacial score (nSPS) is 17.0. The zero-order valence-corrected chi connectivity index (χ0v) is 13.0. The van der Waals surface area contributed by atoms with Crippen molar-refractivity contribution in [1.82, 2.24) is 5.32 Å². The van der Waals surface area contributed by atoms with Crippen LogP contribution in [-0.4, -0.2) is 18.8 Å². The van der Waals surface area contributed by atoms with Gasteiger partial charge in [0, 0.05) is 18.2 Å². The van der Waals surface area contributed by atoms with Crippen molar-refractivity contribution in [3.8, 4) is 17.2 Å². The Morgan fingerprint density at radius 2 is 2.17 bits per heavy atom. The number of aromatic hydroxyl groups is 1. The summed E-state index contributed by atoms with van der Waals surface area (Å²) in [6, 6.07) is 10.3. The molecule has 1 aliphatic heterocycles. The van der Waals surface area contributed by atoms with E-state index in [1.165, 1.54) is 12.1 Å². The highest BCUT2D eigenvalue weighted by molar-refractivity contribution is 5.43. The molecule has 0 aromatic heterocycles. The van der Waals surface area contributed by atoms with Crippen LogP contribution in [0.1, 0.15) is 30.0 Å². The van der Waals surface area contributed by atoms with Gasteiger partial charge in [0.1, 0.15) is 11.5 Å². The third-order valence-corrected chi connectivity index (χ3v) is 4.05. The van der Waals surface area contributed by atoms with Crippen molar-refractivity contribution in [2.45, 2.75) is 25.4 Å². The van der Waals surface area contributed by atoms with Crippen molar-refractivity contribution < 1.29 is 19.0 Å². The van der Waals surface area contributed by atoms with Crippen molar-refractivity contribution >= 4 is 0 Å². The van der Waals surface area contributed by atoms with E-state index in [4.69, 9.17) is 9.47 Å². The van der Waals surface area contributed by atoms with E-state index < -0.39 is 5.82 Å². The molecule has 1 atom stereocenters. The van der Waals surface area contributed by atoms with E-state index in [2.05, 4.69) is 5.32 Å². The predicted molar refractivity (Wildman–Crippen MR) is 85.4 cm³/mol. The lowest BCUT2D eigenvalue weighted by molar-refractivity contribution is 0.314. The number of rotatable bonds is 4. The Bertz CT molecular complexity index is 690. The maximum atomic E-state index is 13.4. The molecule has 0 saturated heterocycles. The van der Waals surface area contributed by atoms with Crippen LogP contribution in [-0.2, 0) is 6.54 Å². The minimum atomic E-state index is -0.601. The summed E-state index contributed by atoms with van der Waals surface area (Å²) in [5.74, 6) is 0.719. The Morgan fingerprint density at radius 1 is 1.30 bits per heavy atom. The average Bonchev–Trinajstić information content (AvgIpc) is 2.77. The standard InChI is InChI=1S/C18H20FNO3/c1-22-13-5-7-18-14(10-13)16(3-2-8-23-18)20-11-12-4-6-17(21)15(19)9-12/h4-7,9-10,16,20-21H,2-3,8,11H2,1H3/t16-/m0/s1. The van der Waals surface area contributed by atoms with Crippen LogP contribution >= 0.6 is 0 Å². The molecule has 0 saturated carbocycles. The number of benzene rings is 2. The molecular weight excluding hydrogens is 297 g/mol. The fourth-order valence-electron chi connectivity index (χ4n) is 2.80. The Hall–Kier alpha value is -2.27. The molecule has 0 amide bonds. The molecule has 4 nitrogen and oxygen atoms in total. The molecule has 0 bridgehead atoms. The van der Waals surface area contributed by atoms with Gasteiger partial charge in [0.05, 0.1) is 13.7 Å². The van der Waals surface area contributed by atoms with Gasteiger partial charge in [-0.25, -0.2) is 4.39 Å². The molecule has 2 aromatic carbocycles. The number of halogens is 1. The maximum Gasteiger partial charge on any atom is 0.165 e. The van der Waals surface area contributed by atoms with Crippen LogP contribution in [0.25, 0.3) is 0 Å². The summed E-state index contributed by atoms with van der Waals surface area (Å²) >= 11 is 0. The molecular formula is C18H20FNO3. The molecule has 1 aliphatic rings. The maximum absolute atomic E-state index is 13.4. The molecule has 0 fully saturated rings. The summed E-state index contributed by atoms with van der Waals surface area (Å²) in [6.45, 7) is 1.20. The lowest BCUT2D eigenvalue weighted by atomic mass is 10.0. The number of hydrogen-bond donors (Lipinski definition) is 2. The van der Waals surface area contributed by atoms with E-state index in [0.717, 1.165) is 35.5 Å². The summed E-state index contributed by atoms with van der Waals surface area (Å²) in [5, 5.41) is 12.7. The molecule has 0 unspecified atom stereocenters. The Labute approximate surface area is 134 Å². The van der Waals surface area contributed by atoms with Crippen molar-refractivity contribution in [3.05, 3.63) is 53.3 Å². The molecule has 0 aliphatic carbocycles. The fraction of sp³-hybridized carbons (Fsp3) is 0.333. The smallest absolute Gasteiger partial charge is 0.165 e. The van der Waals surface area contributed by atoms with E-state index in [-0.39, 0.29) is 11.8 Å². The fourth-order valence-corrected chi connectivity index (χ4v) is 2.80. The number of fused-ring (bicyclic) bond motifs is 1. The largest absolute Gasteiger partial charge is 0.505 e. The second-order valence-electron chi connectivity index (χ2n) is 5.61. The van der Waals surface area contributed by atoms with E-state index in [1.54, 1.807) is 13.2 Å². The summed E-state index contributed by atoms with van der Waals surface area (Å²) < 4.78 is 24.5. The third-order valence-electron chi connectivity index (χ3n) is 4.05. The first-order valence-electron chi connectivity index (χ1n) is 7.69. The van der Waals surface area contributed by atoms with Gasteiger partial charge < -0.3 is 19.9 Å². The first kappa shape index (κ1) is 15.6. The zero-order chi connectivity index (χ0) is 16.2. The summed E-state index contributed by atoms with van der Waals surface area (Å²) in [5.41, 5.74) is 1.84. The van der Waals surface area contributed by atoms with Crippen LogP contribution in [0, 0.1) is 5.82 Å². The van der Waals surface area contributed by atoms with Crippen LogP contribution in [0.4, 0.5) is 4.39 Å². The monoisotopic (exact) mass is 317 g/mol. The predicted octanol–water partition coefficient (Wildman–Crippen LogP) is 3.54. The van der Waals surface area contributed by atoms with Gasteiger partial charge in [-0.3, -0.25) is 0 Å². The van der Waals surface area contributed by atoms with Gasteiger partial charge >= 0.3 is 0 Å². The van der Waals surface area contributed by atoms with Crippen molar-refractivity contribution in [3.63, 3.8) is 0 Å². The minimum Gasteiger partial charge on any atom is -0.505 e. The van der Waals surface area contributed by atoms with Crippen LogP contribution < -0.4 is 14.8 Å². The second kappa shape index (κ2) is 6.87. The summed E-state index contributed by atoms with van der Waals surface area (Å²) in [4.78, 5) is 0. The summed E-state index contributed by atoms with van der Waals surface area (Å²) in [7, 11) is 1.64. The highest BCUT2D eigenvalue weighted by Gasteiger charge is 2.20. The van der Waals surface area contributed by atoms with Gasteiger partial charge in [0.25, 0.3) is 0 Å². The van der Waals surface area contributed by atoms with Gasteiger partial charge in [-0.15, -0.1) is 0 Å². The van der Waals surface area contributed by atoms with Crippen molar-refractivity contribution in [2.75, 3.05) is 13.7 Å². The van der Waals surface area contributed by atoms with E-state index in [1.807, 2.05) is 18.2 Å². The second-order valence-corrected chi connectivity index (χ2v) is 5.61. The van der Waals surface area contributed by atoms with Gasteiger partial charge in [-0.2, -0.15) is 0 Å². The van der Waals surface area contributed by atoms with E-state index in [0.29, 0.717) is 13.2 Å². The zero-order valence-electron chi connectivity index (χ0n) is 13.0. The number of ether oxygens (including phenoxy) is 2. The highest BCUT2D eigenvalue weighted by atomic mass is 19.1. The van der Waals surface area contributed by atoms with Gasteiger partial charge in [0.2, 0.25) is 0 Å². The number of nitrogens with one attached hydrogen (secondary N) is 1. The van der Waals surface area contributed by atoms with Crippen molar-refractivity contribution in [2.24, 2.45) is 0 Å². The van der Waals surface area contributed by atoms with E-state index in [9.17, 15) is 9.50 Å². The Kier molecular flexibility index (Phi) is 4.67.